The first kappa shape index (κ1) is 18.2. The third-order valence-electron chi connectivity index (χ3n) is 3.31. The Bertz CT molecular complexity index is 856. The Morgan fingerprint density at radius 1 is 1.32 bits per heavy atom. The van der Waals surface area contributed by atoms with Gasteiger partial charge in [-0.3, -0.25) is 19.7 Å². The molecule has 10 heteroatoms. The molecule has 2 aromatic rings. The first-order valence-corrected chi connectivity index (χ1v) is 9.56. The summed E-state index contributed by atoms with van der Waals surface area (Å²) in [6.07, 6.45) is 2.11. The third-order valence-corrected chi connectivity index (χ3v) is 5.81. The Balaban J connectivity index is 1.60. The number of thioether (sulfide) groups is 1. The van der Waals surface area contributed by atoms with E-state index in [4.69, 9.17) is 23.2 Å². The summed E-state index contributed by atoms with van der Waals surface area (Å²) in [5.74, 6) is -0.815. The van der Waals surface area contributed by atoms with E-state index in [-0.39, 0.29) is 12.3 Å². The zero-order valence-electron chi connectivity index (χ0n) is 12.5. The minimum atomic E-state index is -0.697. The Morgan fingerprint density at radius 2 is 2.12 bits per heavy atom. The molecule has 1 fully saturated rings. The van der Waals surface area contributed by atoms with Crippen molar-refractivity contribution in [3.05, 3.63) is 44.9 Å². The van der Waals surface area contributed by atoms with E-state index < -0.39 is 16.4 Å². The number of hydrogen-bond donors (Lipinski definition) is 2. The van der Waals surface area contributed by atoms with Gasteiger partial charge in [0, 0.05) is 34.0 Å². The topological polar surface area (TPSA) is 88.2 Å². The molecule has 2 N–H and O–H groups in total. The number of rotatable bonds is 5. The second-order valence-corrected chi connectivity index (χ2v) is 8.31. The average Bonchev–Trinajstić information content (AvgIpc) is 3.09. The normalized spacial score (nSPS) is 16.8. The van der Waals surface area contributed by atoms with E-state index in [1.54, 1.807) is 24.4 Å². The lowest BCUT2D eigenvalue weighted by atomic mass is 10.1. The summed E-state index contributed by atoms with van der Waals surface area (Å²) in [4.78, 5) is 39.6. The largest absolute Gasteiger partial charge is 0.302 e. The zero-order chi connectivity index (χ0) is 18.0. The molecular weight excluding hydrogens is 405 g/mol. The van der Waals surface area contributed by atoms with E-state index in [0.717, 1.165) is 22.2 Å². The van der Waals surface area contributed by atoms with Crippen molar-refractivity contribution in [2.24, 2.45) is 0 Å². The molecule has 1 aromatic heterocycles. The highest BCUT2D eigenvalue weighted by molar-refractivity contribution is 8.15. The molecule has 3 rings (SSSR count). The van der Waals surface area contributed by atoms with Gasteiger partial charge >= 0.3 is 0 Å². The fraction of sp³-hybridized carbons (Fsp3) is 0.200. The van der Waals surface area contributed by atoms with Crippen molar-refractivity contribution in [1.29, 1.82) is 0 Å². The molecule has 1 atom stereocenters. The van der Waals surface area contributed by atoms with E-state index in [9.17, 15) is 14.4 Å². The molecule has 130 valence electrons. The van der Waals surface area contributed by atoms with Crippen molar-refractivity contribution in [2.75, 3.05) is 5.32 Å². The number of carbonyl (C=O) groups excluding carboxylic acids is 3. The van der Waals surface area contributed by atoms with Crippen molar-refractivity contribution in [1.82, 2.24) is 10.3 Å². The number of aromatic nitrogens is 1. The highest BCUT2D eigenvalue weighted by Gasteiger charge is 2.33. The maximum absolute atomic E-state index is 12.0. The molecule has 0 radical (unpaired) electrons. The van der Waals surface area contributed by atoms with Crippen LogP contribution in [0.1, 0.15) is 16.9 Å². The summed E-state index contributed by atoms with van der Waals surface area (Å²) in [5, 5.41) is 5.29. The van der Waals surface area contributed by atoms with Gasteiger partial charge in [0.25, 0.3) is 5.24 Å². The SMILES string of the molecule is O=C(C[C@@H]1SC(=O)NC1=O)Nc1ncc(Cc2cc(Cl)ccc2Cl)s1. The van der Waals surface area contributed by atoms with Crippen molar-refractivity contribution in [3.8, 4) is 0 Å². The number of benzene rings is 1. The van der Waals surface area contributed by atoms with Crippen LogP contribution in [0.15, 0.2) is 24.4 Å². The van der Waals surface area contributed by atoms with Gasteiger partial charge in [-0.1, -0.05) is 35.0 Å². The lowest BCUT2D eigenvalue weighted by molar-refractivity contribution is -0.122. The van der Waals surface area contributed by atoms with Gasteiger partial charge in [-0.15, -0.1) is 11.3 Å². The monoisotopic (exact) mass is 415 g/mol. The molecule has 0 saturated carbocycles. The van der Waals surface area contributed by atoms with Crippen molar-refractivity contribution in [2.45, 2.75) is 18.1 Å². The summed E-state index contributed by atoms with van der Waals surface area (Å²) < 4.78 is 0. The lowest BCUT2D eigenvalue weighted by Gasteiger charge is -2.04. The molecule has 2 heterocycles. The van der Waals surface area contributed by atoms with Crippen LogP contribution in [0.2, 0.25) is 10.0 Å². The van der Waals surface area contributed by atoms with Crippen LogP contribution < -0.4 is 10.6 Å². The minimum absolute atomic E-state index is 0.0860. The van der Waals surface area contributed by atoms with Crippen LogP contribution in [-0.4, -0.2) is 27.3 Å². The van der Waals surface area contributed by atoms with Gasteiger partial charge in [0.05, 0.1) is 0 Å². The third kappa shape index (κ3) is 4.72. The van der Waals surface area contributed by atoms with Crippen LogP contribution in [0.5, 0.6) is 0 Å². The predicted molar refractivity (Wildman–Crippen MR) is 99.5 cm³/mol. The van der Waals surface area contributed by atoms with Gasteiger partial charge in [-0.25, -0.2) is 4.98 Å². The molecule has 25 heavy (non-hydrogen) atoms. The van der Waals surface area contributed by atoms with Crippen LogP contribution in [0.3, 0.4) is 0 Å². The molecule has 3 amide bonds. The number of anilines is 1. The molecular formula is C15H11Cl2N3O3S2. The van der Waals surface area contributed by atoms with E-state index in [2.05, 4.69) is 15.6 Å². The van der Waals surface area contributed by atoms with Gasteiger partial charge in [-0.2, -0.15) is 0 Å². The molecule has 1 aromatic carbocycles. The summed E-state index contributed by atoms with van der Waals surface area (Å²) >= 11 is 14.2. The van der Waals surface area contributed by atoms with Gasteiger partial charge < -0.3 is 5.32 Å². The number of imide groups is 1. The van der Waals surface area contributed by atoms with Gasteiger partial charge in [-0.05, 0) is 23.8 Å². The van der Waals surface area contributed by atoms with E-state index in [1.165, 1.54) is 11.3 Å². The van der Waals surface area contributed by atoms with Crippen LogP contribution >= 0.6 is 46.3 Å². The van der Waals surface area contributed by atoms with Crippen molar-refractivity contribution >= 4 is 68.5 Å². The summed E-state index contributed by atoms with van der Waals surface area (Å²) in [6, 6.07) is 5.23. The highest BCUT2D eigenvalue weighted by Crippen LogP contribution is 2.27. The zero-order valence-corrected chi connectivity index (χ0v) is 15.7. The Morgan fingerprint density at radius 3 is 2.84 bits per heavy atom. The Kier molecular flexibility index (Phi) is 5.63. The van der Waals surface area contributed by atoms with E-state index in [0.29, 0.717) is 21.6 Å². The lowest BCUT2D eigenvalue weighted by Crippen LogP contribution is -2.27. The molecule has 0 spiro atoms. The predicted octanol–water partition coefficient (Wildman–Crippen LogP) is 3.72. The van der Waals surface area contributed by atoms with Crippen LogP contribution in [0.25, 0.3) is 0 Å². The Hall–Kier alpha value is -1.61. The van der Waals surface area contributed by atoms with E-state index in [1.807, 2.05) is 0 Å². The fourth-order valence-corrected chi connectivity index (χ4v) is 4.23. The molecule has 1 saturated heterocycles. The average molecular weight is 416 g/mol. The van der Waals surface area contributed by atoms with Crippen molar-refractivity contribution in [3.63, 3.8) is 0 Å². The minimum Gasteiger partial charge on any atom is -0.302 e. The van der Waals surface area contributed by atoms with Gasteiger partial charge in [0.15, 0.2) is 5.13 Å². The molecule has 1 aliphatic heterocycles. The summed E-state index contributed by atoms with van der Waals surface area (Å²) in [5.41, 5.74) is 0.869. The van der Waals surface area contributed by atoms with Gasteiger partial charge in [0.2, 0.25) is 11.8 Å². The Labute approximate surface area is 161 Å². The number of nitrogens with one attached hydrogen (secondary N) is 2. The summed E-state index contributed by atoms with van der Waals surface area (Å²) in [7, 11) is 0. The smallest absolute Gasteiger partial charge is 0.286 e. The number of thiazole rings is 1. The number of carbonyl (C=O) groups is 3. The van der Waals surface area contributed by atoms with E-state index >= 15 is 0 Å². The van der Waals surface area contributed by atoms with Crippen LogP contribution in [0, 0.1) is 0 Å². The standard InChI is InChI=1S/C15H11Cl2N3O3S2/c16-8-1-2-10(17)7(3-8)4-9-6-18-14(24-9)19-12(21)5-11-13(22)20-15(23)25-11/h1-3,6,11H,4-5H2,(H,18,19,21)(H,20,22,23)/t11-/m0/s1. The second-order valence-electron chi connectivity index (χ2n) is 5.18. The quantitative estimate of drug-likeness (QED) is 0.776. The van der Waals surface area contributed by atoms with Gasteiger partial charge in [0.1, 0.15) is 5.25 Å². The molecule has 1 aliphatic rings. The first-order valence-electron chi connectivity index (χ1n) is 7.10. The van der Waals surface area contributed by atoms with Crippen molar-refractivity contribution < 1.29 is 14.4 Å². The highest BCUT2D eigenvalue weighted by atomic mass is 35.5. The molecule has 0 bridgehead atoms. The summed E-state index contributed by atoms with van der Waals surface area (Å²) in [6.45, 7) is 0. The fourth-order valence-electron chi connectivity index (χ4n) is 2.18. The number of nitrogens with zero attached hydrogens (tertiary/aromatic N) is 1. The number of halogens is 2. The van der Waals surface area contributed by atoms with Crippen LogP contribution in [-0.2, 0) is 16.0 Å². The second kappa shape index (κ2) is 7.74. The number of hydrogen-bond acceptors (Lipinski definition) is 6. The molecule has 0 aliphatic carbocycles. The maximum Gasteiger partial charge on any atom is 0.286 e. The molecule has 6 nitrogen and oxygen atoms in total. The molecule has 0 unspecified atom stereocenters. The maximum atomic E-state index is 12.0. The first-order chi connectivity index (χ1) is 11.9. The number of amides is 3. The van der Waals surface area contributed by atoms with Crippen LogP contribution in [0.4, 0.5) is 9.93 Å².